The number of aliphatic imine (C=N–C) groups is 2. The Morgan fingerprint density at radius 2 is 1.05 bits per heavy atom. The predicted octanol–water partition coefficient (Wildman–Crippen LogP) is 6.14. The van der Waals surface area contributed by atoms with Crippen molar-refractivity contribution in [3.63, 3.8) is 0 Å². The summed E-state index contributed by atoms with van der Waals surface area (Å²) < 4.78 is 5.97. The second-order valence-electron chi connectivity index (χ2n) is 10.7. The first-order chi connectivity index (χ1) is 20.8. The van der Waals surface area contributed by atoms with Crippen LogP contribution in [0.2, 0.25) is 0 Å². The zero-order valence-electron chi connectivity index (χ0n) is 25.2. The summed E-state index contributed by atoms with van der Waals surface area (Å²) >= 11 is 0. The number of ether oxygens (including phenoxy) is 1. The lowest BCUT2D eigenvalue weighted by Crippen LogP contribution is -2.09. The first-order valence-corrected chi connectivity index (χ1v) is 14.1. The summed E-state index contributed by atoms with van der Waals surface area (Å²) in [6, 6.07) is 30.9. The fraction of sp³-hybridized carbons (Fsp3) is 0.222. The third-order valence-corrected chi connectivity index (χ3v) is 6.78. The summed E-state index contributed by atoms with van der Waals surface area (Å²) in [6.45, 7) is 0.970. The highest BCUT2D eigenvalue weighted by Crippen LogP contribution is 2.15. The molecule has 4 rings (SSSR count). The number of hydrogen-bond donors (Lipinski definition) is 0. The van der Waals surface area contributed by atoms with Crippen molar-refractivity contribution in [2.75, 3.05) is 51.1 Å². The molecule has 4 aromatic rings. The SMILES string of the molecule is CN(C)c1ccc(C(=O)CN=Cc2cc(C=NCC(=O)c3ccc(N(C)C)cc3)cc(COCc3ccccc3)c2)cc1. The van der Waals surface area contributed by atoms with Gasteiger partial charge in [-0.25, -0.2) is 0 Å². The summed E-state index contributed by atoms with van der Waals surface area (Å²) in [5, 5.41) is 0. The number of carbonyl (C=O) groups excluding carboxylic acids is 2. The molecule has 43 heavy (non-hydrogen) atoms. The molecule has 0 heterocycles. The van der Waals surface area contributed by atoms with Gasteiger partial charge < -0.3 is 14.5 Å². The van der Waals surface area contributed by atoms with Crippen LogP contribution in [0.4, 0.5) is 11.4 Å². The van der Waals surface area contributed by atoms with Gasteiger partial charge in [0, 0.05) is 63.1 Å². The fourth-order valence-electron chi connectivity index (χ4n) is 4.38. The zero-order chi connectivity index (χ0) is 30.6. The Morgan fingerprint density at radius 1 is 0.605 bits per heavy atom. The second-order valence-corrected chi connectivity index (χ2v) is 10.7. The lowest BCUT2D eigenvalue weighted by Gasteiger charge is -2.12. The predicted molar refractivity (Wildman–Crippen MR) is 176 cm³/mol. The Balaban J connectivity index is 1.44. The smallest absolute Gasteiger partial charge is 0.184 e. The third kappa shape index (κ3) is 9.58. The normalized spacial score (nSPS) is 11.3. The van der Waals surface area contributed by atoms with Gasteiger partial charge in [-0.3, -0.25) is 19.6 Å². The zero-order valence-corrected chi connectivity index (χ0v) is 25.2. The Morgan fingerprint density at radius 3 is 1.49 bits per heavy atom. The Kier molecular flexibility index (Phi) is 11.1. The average molecular weight is 575 g/mol. The van der Waals surface area contributed by atoms with E-state index in [0.29, 0.717) is 24.3 Å². The molecule has 0 aliphatic heterocycles. The Labute approximate surface area is 254 Å². The molecule has 0 N–H and O–H groups in total. The first-order valence-electron chi connectivity index (χ1n) is 14.1. The Bertz CT molecular complexity index is 1470. The number of carbonyl (C=O) groups is 2. The average Bonchev–Trinajstić information content (AvgIpc) is 3.01. The van der Waals surface area contributed by atoms with E-state index < -0.39 is 0 Å². The molecule has 0 aliphatic carbocycles. The van der Waals surface area contributed by atoms with Crippen molar-refractivity contribution in [2.45, 2.75) is 13.2 Å². The van der Waals surface area contributed by atoms with E-state index in [0.717, 1.165) is 33.6 Å². The van der Waals surface area contributed by atoms with Crippen LogP contribution < -0.4 is 9.80 Å². The summed E-state index contributed by atoms with van der Waals surface area (Å²) in [6.07, 6.45) is 3.39. The first kappa shape index (κ1) is 31.1. The number of nitrogens with zero attached hydrogens (tertiary/aromatic N) is 4. The minimum atomic E-state index is -0.0529. The van der Waals surface area contributed by atoms with Gasteiger partial charge in [-0.1, -0.05) is 30.3 Å². The number of rotatable bonds is 14. The van der Waals surface area contributed by atoms with Crippen molar-refractivity contribution in [3.05, 3.63) is 130 Å². The van der Waals surface area contributed by atoms with Gasteiger partial charge >= 0.3 is 0 Å². The third-order valence-electron chi connectivity index (χ3n) is 6.78. The molecular weight excluding hydrogens is 536 g/mol. The van der Waals surface area contributed by atoms with Gasteiger partial charge in [-0.2, -0.15) is 0 Å². The number of hydrogen-bond acceptors (Lipinski definition) is 7. The molecule has 0 radical (unpaired) electrons. The van der Waals surface area contributed by atoms with Crippen LogP contribution in [0, 0.1) is 0 Å². The van der Waals surface area contributed by atoms with E-state index in [4.69, 9.17) is 4.74 Å². The van der Waals surface area contributed by atoms with Crippen molar-refractivity contribution in [3.8, 4) is 0 Å². The molecule has 0 saturated carbocycles. The van der Waals surface area contributed by atoms with Crippen LogP contribution in [0.15, 0.2) is 107 Å². The van der Waals surface area contributed by atoms with Crippen LogP contribution >= 0.6 is 0 Å². The number of Topliss-reactive ketones (excluding diaryl/α,β-unsaturated/α-hetero) is 2. The quantitative estimate of drug-likeness (QED) is 0.134. The molecular formula is C36H38N4O3. The van der Waals surface area contributed by atoms with Crippen molar-refractivity contribution in [1.29, 1.82) is 0 Å². The molecule has 0 fully saturated rings. The number of anilines is 2. The Hall–Kier alpha value is -4.88. The summed E-state index contributed by atoms with van der Waals surface area (Å²) in [4.78, 5) is 38.2. The van der Waals surface area contributed by atoms with E-state index in [1.54, 1.807) is 12.4 Å². The highest BCUT2D eigenvalue weighted by molar-refractivity contribution is 6.00. The van der Waals surface area contributed by atoms with E-state index in [1.165, 1.54) is 0 Å². The van der Waals surface area contributed by atoms with Crippen molar-refractivity contribution >= 4 is 35.4 Å². The lowest BCUT2D eigenvalue weighted by molar-refractivity contribution is 0.0994. The van der Waals surface area contributed by atoms with Gasteiger partial charge in [0.1, 0.15) is 13.1 Å². The molecule has 0 atom stereocenters. The number of ketones is 2. The van der Waals surface area contributed by atoms with Crippen LogP contribution in [0.25, 0.3) is 0 Å². The molecule has 7 nitrogen and oxygen atoms in total. The minimum absolute atomic E-state index is 0.0422. The van der Waals surface area contributed by atoms with E-state index in [-0.39, 0.29) is 24.7 Å². The standard InChI is InChI=1S/C36H38N4O3/c1-39(2)33-14-10-31(11-15-33)35(41)23-37-21-28-18-29(20-30(19-28)26-43-25-27-8-6-5-7-9-27)22-38-24-36(42)32-12-16-34(17-13-32)40(3)4/h5-22H,23-26H2,1-4H3. The maximum atomic E-state index is 12.7. The fourth-order valence-corrected chi connectivity index (χ4v) is 4.38. The van der Waals surface area contributed by atoms with Crippen LogP contribution in [0.1, 0.15) is 43.0 Å². The van der Waals surface area contributed by atoms with Crippen molar-refractivity contribution in [1.82, 2.24) is 0 Å². The maximum absolute atomic E-state index is 12.7. The van der Waals surface area contributed by atoms with Crippen LogP contribution in [-0.2, 0) is 18.0 Å². The highest BCUT2D eigenvalue weighted by atomic mass is 16.5. The molecule has 0 aliphatic rings. The van der Waals surface area contributed by atoms with Gasteiger partial charge in [0.05, 0.1) is 13.2 Å². The summed E-state index contributed by atoms with van der Waals surface area (Å²) in [7, 11) is 7.84. The van der Waals surface area contributed by atoms with Gasteiger partial charge in [0.15, 0.2) is 11.6 Å². The molecule has 0 bridgehead atoms. The minimum Gasteiger partial charge on any atom is -0.378 e. The maximum Gasteiger partial charge on any atom is 0.184 e. The van der Waals surface area contributed by atoms with E-state index in [2.05, 4.69) is 9.98 Å². The molecule has 0 spiro atoms. The monoisotopic (exact) mass is 574 g/mol. The second kappa shape index (κ2) is 15.4. The van der Waals surface area contributed by atoms with Gasteiger partial charge in [-0.05, 0) is 89.0 Å². The highest BCUT2D eigenvalue weighted by Gasteiger charge is 2.07. The van der Waals surface area contributed by atoms with Crippen LogP contribution in [0.3, 0.4) is 0 Å². The molecule has 0 unspecified atom stereocenters. The van der Waals surface area contributed by atoms with Crippen molar-refractivity contribution < 1.29 is 14.3 Å². The van der Waals surface area contributed by atoms with E-state index in [9.17, 15) is 9.59 Å². The molecule has 220 valence electrons. The molecule has 0 aromatic heterocycles. The number of benzene rings is 4. The molecule has 7 heteroatoms. The van der Waals surface area contributed by atoms with Crippen molar-refractivity contribution in [2.24, 2.45) is 9.98 Å². The van der Waals surface area contributed by atoms with Gasteiger partial charge in [-0.15, -0.1) is 0 Å². The van der Waals surface area contributed by atoms with Gasteiger partial charge in [0.25, 0.3) is 0 Å². The molecule has 0 amide bonds. The van der Waals surface area contributed by atoms with E-state index in [1.807, 2.05) is 135 Å². The largest absolute Gasteiger partial charge is 0.378 e. The summed E-state index contributed by atoms with van der Waals surface area (Å²) in [5.41, 5.74) is 6.99. The van der Waals surface area contributed by atoms with Crippen LogP contribution in [0.5, 0.6) is 0 Å². The molecule has 0 saturated heterocycles. The van der Waals surface area contributed by atoms with Crippen LogP contribution in [-0.4, -0.2) is 65.3 Å². The lowest BCUT2D eigenvalue weighted by atomic mass is 10.1. The topological polar surface area (TPSA) is 74.6 Å². The molecule has 4 aromatic carbocycles. The summed E-state index contributed by atoms with van der Waals surface area (Å²) in [5.74, 6) is -0.106. The van der Waals surface area contributed by atoms with E-state index >= 15 is 0 Å². The van der Waals surface area contributed by atoms with Gasteiger partial charge in [0.2, 0.25) is 0 Å².